The number of anilines is 1. The second kappa shape index (κ2) is 7.13. The number of nitrogens with zero attached hydrogens (tertiary/aromatic N) is 3. The second-order valence-corrected chi connectivity index (χ2v) is 6.77. The van der Waals surface area contributed by atoms with Crippen LogP contribution < -0.4 is 4.90 Å². The van der Waals surface area contributed by atoms with Crippen molar-refractivity contribution in [3.05, 3.63) is 65.6 Å². The lowest BCUT2D eigenvalue weighted by atomic mass is 10.1. The van der Waals surface area contributed by atoms with Gasteiger partial charge in [0.2, 0.25) is 5.78 Å². The van der Waals surface area contributed by atoms with Crippen LogP contribution in [0.25, 0.3) is 11.1 Å². The van der Waals surface area contributed by atoms with E-state index in [2.05, 4.69) is 14.9 Å². The van der Waals surface area contributed by atoms with Gasteiger partial charge in [-0.05, 0) is 24.3 Å². The van der Waals surface area contributed by atoms with Crippen LogP contribution in [0.2, 0.25) is 0 Å². The molecule has 3 aromatic heterocycles. The number of pyridine rings is 2. The molecule has 0 atom stereocenters. The Balaban J connectivity index is 1.76. The molecule has 1 aliphatic heterocycles. The maximum Gasteiger partial charge on any atom is 0.204 e. The largest absolute Gasteiger partial charge is 0.378 e. The Bertz CT molecular complexity index is 859. The monoisotopic (exact) mass is 351 g/mol. The summed E-state index contributed by atoms with van der Waals surface area (Å²) < 4.78 is 5.47. The molecule has 3 aromatic rings. The zero-order valence-corrected chi connectivity index (χ0v) is 14.4. The molecule has 5 nitrogen and oxygen atoms in total. The van der Waals surface area contributed by atoms with Gasteiger partial charge in [0.05, 0.1) is 23.1 Å². The third-order valence-electron chi connectivity index (χ3n) is 4.13. The van der Waals surface area contributed by atoms with E-state index >= 15 is 0 Å². The molecule has 6 heteroatoms. The van der Waals surface area contributed by atoms with Gasteiger partial charge in [-0.3, -0.25) is 14.8 Å². The van der Waals surface area contributed by atoms with E-state index in [0.29, 0.717) is 23.7 Å². The molecule has 0 aliphatic carbocycles. The minimum Gasteiger partial charge on any atom is -0.378 e. The van der Waals surface area contributed by atoms with Crippen molar-refractivity contribution >= 4 is 22.1 Å². The fourth-order valence-corrected chi connectivity index (χ4v) is 4.06. The summed E-state index contributed by atoms with van der Waals surface area (Å²) in [5.74, 6) is 0.00255. The van der Waals surface area contributed by atoms with Crippen molar-refractivity contribution in [3.63, 3.8) is 0 Å². The first-order valence-electron chi connectivity index (χ1n) is 8.14. The number of rotatable bonds is 4. The van der Waals surface area contributed by atoms with Crippen LogP contribution in [0, 0.1) is 0 Å². The Morgan fingerprint density at radius 2 is 1.84 bits per heavy atom. The molecule has 4 rings (SSSR count). The number of aromatic nitrogens is 2. The summed E-state index contributed by atoms with van der Waals surface area (Å²) in [6.45, 7) is 3.06. The summed E-state index contributed by atoms with van der Waals surface area (Å²) in [6, 6.07) is 9.50. The predicted molar refractivity (Wildman–Crippen MR) is 98.3 cm³/mol. The summed E-state index contributed by atoms with van der Waals surface area (Å²) in [4.78, 5) is 24.1. The van der Waals surface area contributed by atoms with E-state index in [1.54, 1.807) is 30.7 Å². The number of thiophene rings is 1. The fraction of sp³-hybridized carbons (Fsp3) is 0.211. The first-order chi connectivity index (χ1) is 12.3. The maximum absolute atomic E-state index is 12.8. The van der Waals surface area contributed by atoms with Crippen LogP contribution >= 0.6 is 11.3 Å². The SMILES string of the molecule is O=C(c1cccnc1)c1cc(-c2cccnc2)c(N2CCOCC2)s1. The molecular weight excluding hydrogens is 334 g/mol. The van der Waals surface area contributed by atoms with E-state index in [1.165, 1.54) is 11.3 Å². The molecule has 126 valence electrons. The lowest BCUT2D eigenvalue weighted by Gasteiger charge is -2.28. The van der Waals surface area contributed by atoms with E-state index in [4.69, 9.17) is 4.74 Å². The number of hydrogen-bond acceptors (Lipinski definition) is 6. The molecule has 0 N–H and O–H groups in total. The van der Waals surface area contributed by atoms with Gasteiger partial charge in [0, 0.05) is 54.6 Å². The van der Waals surface area contributed by atoms with Crippen LogP contribution in [0.4, 0.5) is 5.00 Å². The third kappa shape index (κ3) is 3.31. The van der Waals surface area contributed by atoms with Crippen molar-refractivity contribution in [1.29, 1.82) is 0 Å². The quantitative estimate of drug-likeness (QED) is 0.675. The van der Waals surface area contributed by atoms with Gasteiger partial charge in [-0.25, -0.2) is 0 Å². The second-order valence-electron chi connectivity index (χ2n) is 5.74. The van der Waals surface area contributed by atoms with Gasteiger partial charge < -0.3 is 9.64 Å². The van der Waals surface area contributed by atoms with Crippen LogP contribution in [-0.4, -0.2) is 42.1 Å². The highest BCUT2D eigenvalue weighted by molar-refractivity contribution is 7.18. The minimum absolute atomic E-state index is 0.00255. The lowest BCUT2D eigenvalue weighted by molar-refractivity contribution is 0.104. The third-order valence-corrected chi connectivity index (χ3v) is 5.33. The van der Waals surface area contributed by atoms with E-state index in [9.17, 15) is 4.79 Å². The highest BCUT2D eigenvalue weighted by atomic mass is 32.1. The van der Waals surface area contributed by atoms with Gasteiger partial charge in [-0.1, -0.05) is 6.07 Å². The predicted octanol–water partition coefficient (Wildman–Crippen LogP) is 3.27. The molecule has 1 saturated heterocycles. The molecule has 0 bridgehead atoms. The molecule has 1 fully saturated rings. The van der Waals surface area contributed by atoms with Crippen LogP contribution in [0.1, 0.15) is 15.2 Å². The molecule has 4 heterocycles. The summed E-state index contributed by atoms with van der Waals surface area (Å²) in [5.41, 5.74) is 2.67. The maximum atomic E-state index is 12.8. The Labute approximate surface area is 149 Å². The first kappa shape index (κ1) is 15.9. The van der Waals surface area contributed by atoms with Crippen LogP contribution in [0.15, 0.2) is 55.1 Å². The normalized spacial score (nSPS) is 14.5. The van der Waals surface area contributed by atoms with Gasteiger partial charge >= 0.3 is 0 Å². The first-order valence-corrected chi connectivity index (χ1v) is 8.96. The zero-order chi connectivity index (χ0) is 17.1. The van der Waals surface area contributed by atoms with Crippen molar-refractivity contribution in [2.75, 3.05) is 31.2 Å². The number of carbonyl (C=O) groups is 1. The van der Waals surface area contributed by atoms with Gasteiger partial charge in [0.15, 0.2) is 0 Å². The topological polar surface area (TPSA) is 55.3 Å². The minimum atomic E-state index is 0.00255. The van der Waals surface area contributed by atoms with Crippen LogP contribution in [-0.2, 0) is 4.74 Å². The Morgan fingerprint density at radius 1 is 1.08 bits per heavy atom. The summed E-state index contributed by atoms with van der Waals surface area (Å²) in [7, 11) is 0. The number of morpholine rings is 1. The van der Waals surface area contributed by atoms with Gasteiger partial charge in [-0.2, -0.15) is 0 Å². The summed E-state index contributed by atoms with van der Waals surface area (Å²) >= 11 is 1.53. The summed E-state index contributed by atoms with van der Waals surface area (Å²) in [6.07, 6.45) is 6.88. The van der Waals surface area contributed by atoms with E-state index < -0.39 is 0 Å². The lowest BCUT2D eigenvalue weighted by Crippen LogP contribution is -2.35. The fourth-order valence-electron chi connectivity index (χ4n) is 2.86. The molecule has 1 aliphatic rings. The van der Waals surface area contributed by atoms with Crippen LogP contribution in [0.5, 0.6) is 0 Å². The van der Waals surface area contributed by atoms with E-state index in [-0.39, 0.29) is 5.78 Å². The number of ether oxygens (including phenoxy) is 1. The van der Waals surface area contributed by atoms with Gasteiger partial charge in [0.1, 0.15) is 0 Å². The standard InChI is InChI=1S/C19H17N3O2S/c23-18(15-4-2-6-21-13-15)17-11-16(14-3-1-5-20-12-14)19(25-17)22-7-9-24-10-8-22/h1-6,11-13H,7-10H2. The van der Waals surface area contributed by atoms with Crippen molar-refractivity contribution in [2.45, 2.75) is 0 Å². The van der Waals surface area contributed by atoms with E-state index in [0.717, 1.165) is 29.2 Å². The van der Waals surface area contributed by atoms with Crippen molar-refractivity contribution < 1.29 is 9.53 Å². The molecular formula is C19H17N3O2S. The number of carbonyl (C=O) groups excluding carboxylic acids is 1. The van der Waals surface area contributed by atoms with Crippen molar-refractivity contribution in [2.24, 2.45) is 0 Å². The highest BCUT2D eigenvalue weighted by Gasteiger charge is 2.22. The Hall–Kier alpha value is -2.57. The molecule has 0 saturated carbocycles. The number of ketones is 1. The molecule has 0 radical (unpaired) electrons. The van der Waals surface area contributed by atoms with Gasteiger partial charge in [-0.15, -0.1) is 11.3 Å². The van der Waals surface area contributed by atoms with Crippen molar-refractivity contribution in [1.82, 2.24) is 9.97 Å². The van der Waals surface area contributed by atoms with Gasteiger partial charge in [0.25, 0.3) is 0 Å². The summed E-state index contributed by atoms with van der Waals surface area (Å²) in [5, 5.41) is 1.10. The molecule has 0 aromatic carbocycles. The number of hydrogen-bond donors (Lipinski definition) is 0. The van der Waals surface area contributed by atoms with E-state index in [1.807, 2.05) is 24.4 Å². The Kier molecular flexibility index (Phi) is 4.54. The molecule has 0 unspecified atom stereocenters. The van der Waals surface area contributed by atoms with Crippen LogP contribution in [0.3, 0.4) is 0 Å². The highest BCUT2D eigenvalue weighted by Crippen LogP contribution is 2.39. The zero-order valence-electron chi connectivity index (χ0n) is 13.6. The molecule has 0 amide bonds. The average molecular weight is 351 g/mol. The molecule has 25 heavy (non-hydrogen) atoms. The average Bonchev–Trinajstić information content (AvgIpc) is 3.15. The van der Waals surface area contributed by atoms with Crippen molar-refractivity contribution in [3.8, 4) is 11.1 Å². The smallest absolute Gasteiger partial charge is 0.204 e. The Morgan fingerprint density at radius 3 is 2.52 bits per heavy atom. The molecule has 0 spiro atoms.